The number of rotatable bonds is 5. The van der Waals surface area contributed by atoms with E-state index in [2.05, 4.69) is 20.4 Å². The van der Waals surface area contributed by atoms with Crippen LogP contribution in [0.2, 0.25) is 0 Å². The molecule has 1 saturated heterocycles. The predicted molar refractivity (Wildman–Crippen MR) is 76.0 cm³/mol. The molecule has 6 heteroatoms. The van der Waals surface area contributed by atoms with Crippen LogP contribution in [0.4, 0.5) is 0 Å². The molecule has 0 radical (unpaired) electrons. The molecule has 0 spiro atoms. The number of ether oxygens (including phenoxy) is 1. The third-order valence-electron chi connectivity index (χ3n) is 3.75. The lowest BCUT2D eigenvalue weighted by atomic mass is 10.1. The SMILES string of the molecule is COCc1cc(CNC(=O)C2CCCCCN2C)[nH]n1. The molecule has 1 aliphatic heterocycles. The summed E-state index contributed by atoms with van der Waals surface area (Å²) in [5, 5.41) is 10.0. The van der Waals surface area contributed by atoms with Gasteiger partial charge < -0.3 is 10.1 Å². The van der Waals surface area contributed by atoms with Gasteiger partial charge in [0.15, 0.2) is 0 Å². The highest BCUT2D eigenvalue weighted by Gasteiger charge is 2.24. The Bertz CT molecular complexity index is 433. The van der Waals surface area contributed by atoms with E-state index in [1.807, 2.05) is 13.1 Å². The first-order valence-corrected chi connectivity index (χ1v) is 7.20. The molecule has 6 nitrogen and oxygen atoms in total. The average Bonchev–Trinajstić information content (AvgIpc) is 2.77. The number of amides is 1. The molecule has 2 heterocycles. The summed E-state index contributed by atoms with van der Waals surface area (Å²) in [7, 11) is 3.67. The van der Waals surface area contributed by atoms with Gasteiger partial charge in [-0.05, 0) is 32.5 Å². The van der Waals surface area contributed by atoms with Crippen molar-refractivity contribution in [2.24, 2.45) is 0 Å². The summed E-state index contributed by atoms with van der Waals surface area (Å²) >= 11 is 0. The summed E-state index contributed by atoms with van der Waals surface area (Å²) in [6.07, 6.45) is 4.47. The summed E-state index contributed by atoms with van der Waals surface area (Å²) in [6.45, 7) is 1.97. The number of hydrogen-bond acceptors (Lipinski definition) is 4. The second-order valence-corrected chi connectivity index (χ2v) is 5.38. The number of likely N-dealkylation sites (N-methyl/N-ethyl adjacent to an activating group) is 1. The molecule has 1 aliphatic rings. The molecule has 1 amide bonds. The van der Waals surface area contributed by atoms with Gasteiger partial charge in [-0.2, -0.15) is 5.10 Å². The summed E-state index contributed by atoms with van der Waals surface area (Å²) in [4.78, 5) is 14.4. The summed E-state index contributed by atoms with van der Waals surface area (Å²) in [6, 6.07) is 1.92. The summed E-state index contributed by atoms with van der Waals surface area (Å²) in [5.41, 5.74) is 1.75. The van der Waals surface area contributed by atoms with E-state index in [9.17, 15) is 4.79 Å². The van der Waals surface area contributed by atoms with Crippen molar-refractivity contribution in [3.8, 4) is 0 Å². The second-order valence-electron chi connectivity index (χ2n) is 5.38. The minimum Gasteiger partial charge on any atom is -0.378 e. The Kier molecular flexibility index (Phi) is 5.55. The van der Waals surface area contributed by atoms with Crippen LogP contribution in [-0.2, 0) is 22.7 Å². The molecule has 0 aliphatic carbocycles. The van der Waals surface area contributed by atoms with E-state index in [1.54, 1.807) is 7.11 Å². The zero-order chi connectivity index (χ0) is 14.4. The van der Waals surface area contributed by atoms with Crippen molar-refractivity contribution in [3.05, 3.63) is 17.5 Å². The molecule has 0 aromatic carbocycles. The molecule has 0 saturated carbocycles. The number of hydrogen-bond donors (Lipinski definition) is 2. The van der Waals surface area contributed by atoms with Crippen LogP contribution in [-0.4, -0.2) is 47.7 Å². The van der Waals surface area contributed by atoms with E-state index < -0.39 is 0 Å². The van der Waals surface area contributed by atoms with Gasteiger partial charge in [-0.1, -0.05) is 12.8 Å². The highest BCUT2D eigenvalue weighted by Crippen LogP contribution is 2.15. The minimum absolute atomic E-state index is 0.00105. The van der Waals surface area contributed by atoms with Crippen LogP contribution in [0.5, 0.6) is 0 Å². The zero-order valence-electron chi connectivity index (χ0n) is 12.3. The number of aromatic nitrogens is 2. The minimum atomic E-state index is -0.00105. The van der Waals surface area contributed by atoms with Gasteiger partial charge in [0.05, 0.1) is 30.6 Å². The summed E-state index contributed by atoms with van der Waals surface area (Å²) < 4.78 is 5.01. The fourth-order valence-corrected chi connectivity index (χ4v) is 2.60. The van der Waals surface area contributed by atoms with Crippen LogP contribution >= 0.6 is 0 Å². The van der Waals surface area contributed by atoms with Gasteiger partial charge in [0, 0.05) is 7.11 Å². The number of likely N-dealkylation sites (tertiary alicyclic amines) is 1. The first-order valence-electron chi connectivity index (χ1n) is 7.20. The van der Waals surface area contributed by atoms with Gasteiger partial charge in [0.25, 0.3) is 0 Å². The number of H-pyrrole nitrogens is 1. The molecular weight excluding hydrogens is 256 g/mol. The lowest BCUT2D eigenvalue weighted by Crippen LogP contribution is -2.44. The Labute approximate surface area is 119 Å². The van der Waals surface area contributed by atoms with Crippen LogP contribution in [0, 0.1) is 0 Å². The molecule has 2 rings (SSSR count). The predicted octanol–water partition coefficient (Wildman–Crippen LogP) is 1.05. The van der Waals surface area contributed by atoms with Crippen LogP contribution < -0.4 is 5.32 Å². The number of carbonyl (C=O) groups is 1. The molecule has 2 N–H and O–H groups in total. The van der Waals surface area contributed by atoms with Gasteiger partial charge >= 0.3 is 0 Å². The molecule has 0 bridgehead atoms. The van der Waals surface area contributed by atoms with Crippen LogP contribution in [0.1, 0.15) is 37.1 Å². The van der Waals surface area contributed by atoms with Gasteiger partial charge in [-0.15, -0.1) is 0 Å². The third-order valence-corrected chi connectivity index (χ3v) is 3.75. The van der Waals surface area contributed by atoms with E-state index >= 15 is 0 Å². The van der Waals surface area contributed by atoms with Crippen molar-refractivity contribution in [3.63, 3.8) is 0 Å². The van der Waals surface area contributed by atoms with Crippen molar-refractivity contribution in [2.75, 3.05) is 20.7 Å². The number of methoxy groups -OCH3 is 1. The average molecular weight is 280 g/mol. The van der Waals surface area contributed by atoms with Crippen molar-refractivity contribution in [1.29, 1.82) is 0 Å². The topological polar surface area (TPSA) is 70.2 Å². The molecule has 112 valence electrons. The normalized spacial score (nSPS) is 20.6. The maximum Gasteiger partial charge on any atom is 0.237 e. The molecule has 1 aromatic heterocycles. The third kappa shape index (κ3) is 4.05. The summed E-state index contributed by atoms with van der Waals surface area (Å²) in [5.74, 6) is 0.109. The maximum absolute atomic E-state index is 12.3. The Balaban J connectivity index is 1.83. The van der Waals surface area contributed by atoms with Crippen LogP contribution in [0.25, 0.3) is 0 Å². The second kappa shape index (κ2) is 7.40. The van der Waals surface area contributed by atoms with Crippen molar-refractivity contribution in [2.45, 2.75) is 44.9 Å². The molecule has 1 atom stereocenters. The van der Waals surface area contributed by atoms with Gasteiger partial charge in [-0.3, -0.25) is 14.8 Å². The lowest BCUT2D eigenvalue weighted by molar-refractivity contribution is -0.126. The van der Waals surface area contributed by atoms with E-state index in [4.69, 9.17) is 4.74 Å². The van der Waals surface area contributed by atoms with Crippen molar-refractivity contribution in [1.82, 2.24) is 20.4 Å². The molecule has 20 heavy (non-hydrogen) atoms. The molecule has 1 fully saturated rings. The largest absolute Gasteiger partial charge is 0.378 e. The van der Waals surface area contributed by atoms with Crippen LogP contribution in [0.15, 0.2) is 6.07 Å². The first-order chi connectivity index (χ1) is 9.70. The van der Waals surface area contributed by atoms with Crippen LogP contribution in [0.3, 0.4) is 0 Å². The molecule has 1 unspecified atom stereocenters. The highest BCUT2D eigenvalue weighted by molar-refractivity contribution is 5.81. The molecule has 1 aromatic rings. The Morgan fingerprint density at radius 2 is 2.40 bits per heavy atom. The Hall–Kier alpha value is -1.40. The zero-order valence-corrected chi connectivity index (χ0v) is 12.3. The van der Waals surface area contributed by atoms with E-state index in [-0.39, 0.29) is 11.9 Å². The Morgan fingerprint density at radius 1 is 1.55 bits per heavy atom. The smallest absolute Gasteiger partial charge is 0.237 e. The van der Waals surface area contributed by atoms with Crippen molar-refractivity contribution < 1.29 is 9.53 Å². The number of nitrogens with one attached hydrogen (secondary N) is 2. The first kappa shape index (κ1) is 15.0. The van der Waals surface area contributed by atoms with E-state index in [0.717, 1.165) is 30.8 Å². The van der Waals surface area contributed by atoms with E-state index in [0.29, 0.717) is 13.2 Å². The fourth-order valence-electron chi connectivity index (χ4n) is 2.60. The Morgan fingerprint density at radius 3 is 3.20 bits per heavy atom. The monoisotopic (exact) mass is 280 g/mol. The van der Waals surface area contributed by atoms with Crippen molar-refractivity contribution >= 4 is 5.91 Å². The number of carbonyl (C=O) groups excluding carboxylic acids is 1. The quantitative estimate of drug-likeness (QED) is 0.845. The maximum atomic E-state index is 12.3. The standard InChI is InChI=1S/C14H24N4O2/c1-18-7-5-3-4-6-13(18)14(19)15-9-11-8-12(10-20-2)17-16-11/h8,13H,3-7,9-10H2,1-2H3,(H,15,19)(H,16,17). The van der Waals surface area contributed by atoms with Gasteiger partial charge in [0.1, 0.15) is 0 Å². The number of aromatic amines is 1. The fraction of sp³-hybridized carbons (Fsp3) is 0.714. The van der Waals surface area contributed by atoms with Gasteiger partial charge in [-0.25, -0.2) is 0 Å². The molecular formula is C14H24N4O2. The lowest BCUT2D eigenvalue weighted by Gasteiger charge is -2.24. The number of nitrogens with zero attached hydrogens (tertiary/aromatic N) is 2. The van der Waals surface area contributed by atoms with Gasteiger partial charge in [0.2, 0.25) is 5.91 Å². The van der Waals surface area contributed by atoms with E-state index in [1.165, 1.54) is 12.8 Å². The highest BCUT2D eigenvalue weighted by atomic mass is 16.5.